The van der Waals surface area contributed by atoms with Crippen LogP contribution in [0.3, 0.4) is 0 Å². The quantitative estimate of drug-likeness (QED) is 0.832. The predicted octanol–water partition coefficient (Wildman–Crippen LogP) is 2.05. The first-order valence-corrected chi connectivity index (χ1v) is 5.97. The van der Waals surface area contributed by atoms with Crippen molar-refractivity contribution in [1.29, 1.82) is 0 Å². The largest absolute Gasteiger partial charge is 0.492 e. The fraction of sp³-hybridized carbons (Fsp3) is 0.0667. The molecule has 0 bridgehead atoms. The van der Waals surface area contributed by atoms with E-state index in [1.807, 2.05) is 0 Å². The van der Waals surface area contributed by atoms with Gasteiger partial charge in [-0.3, -0.25) is 14.6 Å². The van der Waals surface area contributed by atoms with Gasteiger partial charge in [-0.15, -0.1) is 0 Å². The number of Topliss-reactive ketones (excluding diaryl/α,β-unsaturated/α-hetero) is 1. The summed E-state index contributed by atoms with van der Waals surface area (Å²) in [6.45, 7) is 0. The number of carbonyl (C=O) groups excluding carboxylic acids is 2. The molecule has 20 heavy (non-hydrogen) atoms. The maximum absolute atomic E-state index is 12.0. The van der Waals surface area contributed by atoms with Gasteiger partial charge in [-0.05, 0) is 24.3 Å². The highest BCUT2D eigenvalue weighted by molar-refractivity contribution is 6.23. The molecule has 0 fully saturated rings. The van der Waals surface area contributed by atoms with E-state index in [1.54, 1.807) is 36.7 Å². The molecule has 2 heterocycles. The predicted molar refractivity (Wildman–Crippen MR) is 71.2 cm³/mol. The Morgan fingerprint density at radius 2 is 1.80 bits per heavy atom. The zero-order valence-corrected chi connectivity index (χ0v) is 10.7. The number of nitrogens with zero attached hydrogens (tertiary/aromatic N) is 2. The van der Waals surface area contributed by atoms with Crippen LogP contribution in [-0.2, 0) is 4.74 Å². The molecular weight excluding hydrogens is 256 g/mol. The van der Waals surface area contributed by atoms with Gasteiger partial charge in [0.2, 0.25) is 11.6 Å². The van der Waals surface area contributed by atoms with E-state index >= 15 is 0 Å². The number of allylic oxidation sites excluding steroid dienone is 2. The molecule has 2 aromatic rings. The van der Waals surface area contributed by atoms with Crippen LogP contribution in [0, 0.1) is 0 Å². The molecule has 0 unspecified atom stereocenters. The van der Waals surface area contributed by atoms with E-state index in [0.29, 0.717) is 5.69 Å². The molecule has 0 saturated heterocycles. The number of aromatic nitrogens is 2. The van der Waals surface area contributed by atoms with E-state index in [4.69, 9.17) is 4.74 Å². The zero-order valence-electron chi connectivity index (χ0n) is 10.7. The third-order valence-corrected chi connectivity index (χ3v) is 3.06. The molecule has 5 heteroatoms. The minimum Gasteiger partial charge on any atom is -0.492 e. The number of hydrogen-bond donors (Lipinski definition) is 0. The second-order valence-corrected chi connectivity index (χ2v) is 4.23. The van der Waals surface area contributed by atoms with E-state index in [0.717, 1.165) is 5.56 Å². The Morgan fingerprint density at radius 1 is 1.05 bits per heavy atom. The van der Waals surface area contributed by atoms with Gasteiger partial charge in [0, 0.05) is 24.0 Å². The number of fused-ring (bicyclic) bond motifs is 1. The monoisotopic (exact) mass is 266 g/mol. The summed E-state index contributed by atoms with van der Waals surface area (Å²) >= 11 is 0. The van der Waals surface area contributed by atoms with Gasteiger partial charge in [0.15, 0.2) is 5.76 Å². The Morgan fingerprint density at radius 3 is 2.50 bits per heavy atom. The molecule has 0 N–H and O–H groups in total. The van der Waals surface area contributed by atoms with Crippen molar-refractivity contribution in [2.24, 2.45) is 0 Å². The van der Waals surface area contributed by atoms with E-state index in [2.05, 4.69) is 9.97 Å². The minimum atomic E-state index is -0.327. The summed E-state index contributed by atoms with van der Waals surface area (Å²) in [7, 11) is 1.36. The van der Waals surface area contributed by atoms with Crippen LogP contribution in [0.1, 0.15) is 20.8 Å². The second kappa shape index (κ2) is 4.70. The van der Waals surface area contributed by atoms with Crippen LogP contribution in [0.4, 0.5) is 0 Å². The van der Waals surface area contributed by atoms with Gasteiger partial charge in [-0.1, -0.05) is 0 Å². The van der Waals surface area contributed by atoms with Crippen molar-refractivity contribution in [3.8, 4) is 11.3 Å². The number of carbonyl (C=O) groups is 2. The maximum Gasteiger partial charge on any atom is 0.229 e. The van der Waals surface area contributed by atoms with Crippen molar-refractivity contribution in [3.05, 3.63) is 59.8 Å². The highest BCUT2D eigenvalue weighted by Gasteiger charge is 2.27. The van der Waals surface area contributed by atoms with Gasteiger partial charge in [0.05, 0.1) is 18.4 Å². The van der Waals surface area contributed by atoms with Crippen molar-refractivity contribution >= 4 is 11.6 Å². The van der Waals surface area contributed by atoms with Gasteiger partial charge in [0.25, 0.3) is 0 Å². The SMILES string of the molecule is COC1=CC(=O)c2nc(-c3ccncc3)ccc2C1=O. The lowest BCUT2D eigenvalue weighted by molar-refractivity contribution is 0.0914. The number of hydrogen-bond acceptors (Lipinski definition) is 5. The Bertz CT molecular complexity index is 736. The maximum atomic E-state index is 12.0. The van der Waals surface area contributed by atoms with Gasteiger partial charge >= 0.3 is 0 Å². The molecule has 1 aliphatic carbocycles. The number of ketones is 2. The Kier molecular flexibility index (Phi) is 2.87. The van der Waals surface area contributed by atoms with Crippen molar-refractivity contribution in [2.75, 3.05) is 7.11 Å². The lowest BCUT2D eigenvalue weighted by Crippen LogP contribution is -2.19. The fourth-order valence-electron chi connectivity index (χ4n) is 2.05. The summed E-state index contributed by atoms with van der Waals surface area (Å²) in [5.74, 6) is -0.607. The lowest BCUT2D eigenvalue weighted by Gasteiger charge is -2.14. The van der Waals surface area contributed by atoms with Crippen LogP contribution in [-0.4, -0.2) is 28.6 Å². The van der Waals surface area contributed by atoms with E-state index in [-0.39, 0.29) is 28.6 Å². The van der Waals surface area contributed by atoms with Crippen LogP contribution < -0.4 is 0 Å². The smallest absolute Gasteiger partial charge is 0.229 e. The highest BCUT2D eigenvalue weighted by Crippen LogP contribution is 2.24. The Labute approximate surface area is 114 Å². The molecule has 3 rings (SSSR count). The molecule has 0 atom stereocenters. The second-order valence-electron chi connectivity index (χ2n) is 4.23. The minimum absolute atomic E-state index is 0.0426. The van der Waals surface area contributed by atoms with E-state index < -0.39 is 0 Å². The fourth-order valence-corrected chi connectivity index (χ4v) is 2.05. The standard InChI is InChI=1S/C15H10N2O3/c1-20-13-8-12(18)14-10(15(13)19)2-3-11(17-14)9-4-6-16-7-5-9/h2-8H,1H3. The third-order valence-electron chi connectivity index (χ3n) is 3.06. The molecule has 2 aromatic heterocycles. The van der Waals surface area contributed by atoms with E-state index in [1.165, 1.54) is 13.2 Å². The lowest BCUT2D eigenvalue weighted by atomic mass is 9.97. The van der Waals surface area contributed by atoms with Gasteiger partial charge < -0.3 is 4.74 Å². The summed E-state index contributed by atoms with van der Waals surface area (Å²) in [4.78, 5) is 32.3. The van der Waals surface area contributed by atoms with Crippen molar-refractivity contribution in [3.63, 3.8) is 0 Å². The summed E-state index contributed by atoms with van der Waals surface area (Å²) in [5.41, 5.74) is 1.89. The molecule has 0 aromatic carbocycles. The van der Waals surface area contributed by atoms with Gasteiger partial charge in [-0.2, -0.15) is 0 Å². The summed E-state index contributed by atoms with van der Waals surface area (Å²) in [6, 6.07) is 6.89. The van der Waals surface area contributed by atoms with Crippen molar-refractivity contribution in [2.45, 2.75) is 0 Å². The van der Waals surface area contributed by atoms with Gasteiger partial charge in [-0.25, -0.2) is 4.98 Å². The molecule has 1 aliphatic rings. The zero-order chi connectivity index (χ0) is 14.1. The summed E-state index contributed by atoms with van der Waals surface area (Å²) in [5, 5.41) is 0. The van der Waals surface area contributed by atoms with Crippen molar-refractivity contribution < 1.29 is 14.3 Å². The van der Waals surface area contributed by atoms with Crippen molar-refractivity contribution in [1.82, 2.24) is 9.97 Å². The van der Waals surface area contributed by atoms with Crippen LogP contribution in [0.5, 0.6) is 0 Å². The average molecular weight is 266 g/mol. The van der Waals surface area contributed by atoms with Gasteiger partial charge in [0.1, 0.15) is 5.69 Å². The molecule has 0 aliphatic heterocycles. The molecule has 5 nitrogen and oxygen atoms in total. The molecule has 0 amide bonds. The Hall–Kier alpha value is -2.82. The topological polar surface area (TPSA) is 69.2 Å². The first-order chi connectivity index (χ1) is 9.70. The summed E-state index contributed by atoms with van der Waals surface area (Å²) in [6.07, 6.45) is 4.47. The van der Waals surface area contributed by atoms with E-state index in [9.17, 15) is 9.59 Å². The van der Waals surface area contributed by atoms with Crippen LogP contribution in [0.2, 0.25) is 0 Å². The molecule has 98 valence electrons. The molecule has 0 radical (unpaired) electrons. The molecule has 0 saturated carbocycles. The first-order valence-electron chi connectivity index (χ1n) is 5.97. The number of rotatable bonds is 2. The summed E-state index contributed by atoms with van der Waals surface area (Å²) < 4.78 is 4.90. The number of ether oxygens (including phenoxy) is 1. The molecular formula is C15H10N2O3. The van der Waals surface area contributed by atoms with Crippen LogP contribution >= 0.6 is 0 Å². The third kappa shape index (κ3) is 1.89. The van der Waals surface area contributed by atoms with Crippen LogP contribution in [0.25, 0.3) is 11.3 Å². The molecule has 0 spiro atoms. The number of methoxy groups -OCH3 is 1. The van der Waals surface area contributed by atoms with Crippen LogP contribution in [0.15, 0.2) is 48.5 Å². The number of pyridine rings is 2. The first kappa shape index (κ1) is 12.2. The Balaban J connectivity index is 2.12. The highest BCUT2D eigenvalue weighted by atomic mass is 16.5. The average Bonchev–Trinajstić information content (AvgIpc) is 2.51. The normalized spacial score (nSPS) is 13.8.